The average Bonchev–Trinajstić information content (AvgIpc) is 2.51. The highest BCUT2D eigenvalue weighted by atomic mass is 35.5. The molecule has 0 amide bonds. The summed E-state index contributed by atoms with van der Waals surface area (Å²) in [6.07, 6.45) is 0.571. The highest BCUT2D eigenvalue weighted by Crippen LogP contribution is 2.32. The van der Waals surface area contributed by atoms with Crippen molar-refractivity contribution >= 4 is 29.0 Å². The van der Waals surface area contributed by atoms with Crippen LogP contribution in [0.25, 0.3) is 10.8 Å². The minimum absolute atomic E-state index is 0. The van der Waals surface area contributed by atoms with E-state index >= 15 is 0 Å². The number of ether oxygens (including phenoxy) is 1. The van der Waals surface area contributed by atoms with Crippen molar-refractivity contribution in [2.75, 3.05) is 6.61 Å². The maximum Gasteiger partial charge on any atom is 0.183 e. The molecular weight excluding hydrogens is 250 g/mol. The van der Waals surface area contributed by atoms with Crippen LogP contribution in [-0.4, -0.2) is 18.4 Å². The SMILES string of the molecule is Cl.NC1CCOc2c(ccc3ccccc23)C1=O. The van der Waals surface area contributed by atoms with Gasteiger partial charge in [0.1, 0.15) is 5.75 Å². The fourth-order valence-corrected chi connectivity index (χ4v) is 2.21. The minimum atomic E-state index is -0.447. The molecule has 1 unspecified atom stereocenters. The second-order valence-corrected chi connectivity index (χ2v) is 4.27. The van der Waals surface area contributed by atoms with E-state index in [9.17, 15) is 4.79 Å². The molecular formula is C14H14ClNO2. The van der Waals surface area contributed by atoms with Crippen molar-refractivity contribution in [3.05, 3.63) is 42.0 Å². The smallest absolute Gasteiger partial charge is 0.183 e. The highest BCUT2D eigenvalue weighted by Gasteiger charge is 2.24. The van der Waals surface area contributed by atoms with Gasteiger partial charge in [-0.25, -0.2) is 0 Å². The fourth-order valence-electron chi connectivity index (χ4n) is 2.21. The number of ketones is 1. The van der Waals surface area contributed by atoms with Crippen LogP contribution in [0.15, 0.2) is 36.4 Å². The predicted octanol–water partition coefficient (Wildman–Crippen LogP) is 2.55. The molecule has 3 nitrogen and oxygen atoms in total. The lowest BCUT2D eigenvalue weighted by molar-refractivity contribution is 0.0960. The Morgan fingerprint density at radius 2 is 1.94 bits per heavy atom. The standard InChI is InChI=1S/C14H13NO2.ClH/c15-12-7-8-17-14-10-4-2-1-3-9(10)5-6-11(14)13(12)16;/h1-6,12H,7-8,15H2;1H. The van der Waals surface area contributed by atoms with Crippen LogP contribution in [0.1, 0.15) is 16.8 Å². The largest absolute Gasteiger partial charge is 0.492 e. The number of Topliss-reactive ketones (excluding diaryl/α,β-unsaturated/α-hetero) is 1. The molecule has 0 aromatic heterocycles. The van der Waals surface area contributed by atoms with Crippen LogP contribution in [0, 0.1) is 0 Å². The Morgan fingerprint density at radius 3 is 2.78 bits per heavy atom. The number of hydrogen-bond donors (Lipinski definition) is 1. The topological polar surface area (TPSA) is 52.3 Å². The first-order chi connectivity index (χ1) is 8.27. The van der Waals surface area contributed by atoms with Crippen LogP contribution in [0.4, 0.5) is 0 Å². The van der Waals surface area contributed by atoms with E-state index in [1.807, 2.05) is 36.4 Å². The third-order valence-electron chi connectivity index (χ3n) is 3.16. The fraction of sp³-hybridized carbons (Fsp3) is 0.214. The second kappa shape index (κ2) is 4.96. The van der Waals surface area contributed by atoms with Crippen molar-refractivity contribution < 1.29 is 9.53 Å². The van der Waals surface area contributed by atoms with Gasteiger partial charge in [-0.05, 0) is 11.5 Å². The van der Waals surface area contributed by atoms with E-state index < -0.39 is 6.04 Å². The molecule has 0 bridgehead atoms. The minimum Gasteiger partial charge on any atom is -0.492 e. The molecule has 4 heteroatoms. The van der Waals surface area contributed by atoms with Gasteiger partial charge in [-0.2, -0.15) is 0 Å². The van der Waals surface area contributed by atoms with E-state index in [4.69, 9.17) is 10.5 Å². The van der Waals surface area contributed by atoms with E-state index in [1.54, 1.807) is 0 Å². The molecule has 1 aliphatic rings. The number of carbonyl (C=O) groups excluding carboxylic acids is 1. The summed E-state index contributed by atoms with van der Waals surface area (Å²) in [6, 6.07) is 11.2. The molecule has 0 fully saturated rings. The summed E-state index contributed by atoms with van der Waals surface area (Å²) in [5.74, 6) is 0.657. The van der Waals surface area contributed by atoms with Gasteiger partial charge in [-0.3, -0.25) is 4.79 Å². The summed E-state index contributed by atoms with van der Waals surface area (Å²) in [6.45, 7) is 0.494. The summed E-state index contributed by atoms with van der Waals surface area (Å²) >= 11 is 0. The molecule has 0 spiro atoms. The zero-order chi connectivity index (χ0) is 11.8. The Labute approximate surface area is 111 Å². The van der Waals surface area contributed by atoms with Gasteiger partial charge in [0.15, 0.2) is 5.78 Å². The molecule has 18 heavy (non-hydrogen) atoms. The molecule has 0 saturated heterocycles. The number of nitrogens with two attached hydrogens (primary N) is 1. The summed E-state index contributed by atoms with van der Waals surface area (Å²) < 4.78 is 5.70. The summed E-state index contributed by atoms with van der Waals surface area (Å²) in [5, 5.41) is 2.06. The summed E-state index contributed by atoms with van der Waals surface area (Å²) in [7, 11) is 0. The molecule has 2 aromatic rings. The van der Waals surface area contributed by atoms with Gasteiger partial charge >= 0.3 is 0 Å². The number of fused-ring (bicyclic) bond motifs is 3. The third-order valence-corrected chi connectivity index (χ3v) is 3.16. The van der Waals surface area contributed by atoms with E-state index in [0.717, 1.165) is 10.8 Å². The lowest BCUT2D eigenvalue weighted by Gasteiger charge is -2.09. The zero-order valence-corrected chi connectivity index (χ0v) is 10.6. The van der Waals surface area contributed by atoms with Crippen molar-refractivity contribution in [2.24, 2.45) is 5.73 Å². The van der Waals surface area contributed by atoms with Crippen LogP contribution in [0.2, 0.25) is 0 Å². The Morgan fingerprint density at radius 1 is 1.17 bits per heavy atom. The number of carbonyl (C=O) groups is 1. The lowest BCUT2D eigenvalue weighted by atomic mass is 9.99. The van der Waals surface area contributed by atoms with Crippen LogP contribution in [-0.2, 0) is 0 Å². The molecule has 1 atom stereocenters. The van der Waals surface area contributed by atoms with E-state index in [2.05, 4.69) is 0 Å². The van der Waals surface area contributed by atoms with Crippen LogP contribution < -0.4 is 10.5 Å². The molecule has 3 rings (SSSR count). The van der Waals surface area contributed by atoms with Crippen molar-refractivity contribution in [1.29, 1.82) is 0 Å². The lowest BCUT2D eigenvalue weighted by Crippen LogP contribution is -2.30. The van der Waals surface area contributed by atoms with Gasteiger partial charge in [-0.1, -0.05) is 30.3 Å². The first kappa shape index (κ1) is 12.9. The van der Waals surface area contributed by atoms with Crippen molar-refractivity contribution in [2.45, 2.75) is 12.5 Å². The Bertz CT molecular complexity index is 597. The number of hydrogen-bond acceptors (Lipinski definition) is 3. The highest BCUT2D eigenvalue weighted by molar-refractivity contribution is 6.07. The van der Waals surface area contributed by atoms with Gasteiger partial charge in [-0.15, -0.1) is 12.4 Å². The molecule has 0 radical (unpaired) electrons. The van der Waals surface area contributed by atoms with E-state index in [1.165, 1.54) is 0 Å². The number of rotatable bonds is 0. The van der Waals surface area contributed by atoms with Gasteiger partial charge in [0.05, 0.1) is 18.2 Å². The third kappa shape index (κ3) is 1.96. The van der Waals surface area contributed by atoms with Gasteiger partial charge in [0.25, 0.3) is 0 Å². The number of halogens is 1. The zero-order valence-electron chi connectivity index (χ0n) is 9.76. The molecule has 1 heterocycles. The number of benzene rings is 2. The van der Waals surface area contributed by atoms with Crippen molar-refractivity contribution in [3.63, 3.8) is 0 Å². The molecule has 0 saturated carbocycles. The molecule has 0 aliphatic carbocycles. The first-order valence-corrected chi connectivity index (χ1v) is 5.72. The Hall–Kier alpha value is -1.58. The molecule has 2 N–H and O–H groups in total. The van der Waals surface area contributed by atoms with Crippen LogP contribution >= 0.6 is 12.4 Å². The normalized spacial score (nSPS) is 18.5. The molecule has 2 aromatic carbocycles. The first-order valence-electron chi connectivity index (χ1n) is 5.72. The Balaban J connectivity index is 0.00000120. The van der Waals surface area contributed by atoms with Gasteiger partial charge in [0, 0.05) is 11.8 Å². The molecule has 94 valence electrons. The van der Waals surface area contributed by atoms with Gasteiger partial charge in [0.2, 0.25) is 0 Å². The average molecular weight is 264 g/mol. The maximum absolute atomic E-state index is 12.1. The predicted molar refractivity (Wildman–Crippen MR) is 73.6 cm³/mol. The van der Waals surface area contributed by atoms with Crippen LogP contribution in [0.3, 0.4) is 0 Å². The summed E-state index contributed by atoms with van der Waals surface area (Å²) in [5.41, 5.74) is 6.41. The van der Waals surface area contributed by atoms with Crippen molar-refractivity contribution in [1.82, 2.24) is 0 Å². The quantitative estimate of drug-likeness (QED) is 0.795. The molecule has 1 aliphatic heterocycles. The maximum atomic E-state index is 12.1. The Kier molecular flexibility index (Phi) is 3.55. The summed E-state index contributed by atoms with van der Waals surface area (Å²) in [4.78, 5) is 12.1. The van der Waals surface area contributed by atoms with Crippen LogP contribution in [0.5, 0.6) is 5.75 Å². The van der Waals surface area contributed by atoms with E-state index in [0.29, 0.717) is 24.3 Å². The van der Waals surface area contributed by atoms with E-state index in [-0.39, 0.29) is 18.2 Å². The van der Waals surface area contributed by atoms with Crippen molar-refractivity contribution in [3.8, 4) is 5.75 Å². The second-order valence-electron chi connectivity index (χ2n) is 4.27. The monoisotopic (exact) mass is 263 g/mol. The van der Waals surface area contributed by atoms with Gasteiger partial charge < -0.3 is 10.5 Å².